The quantitative estimate of drug-likeness (QED) is 0.381. The van der Waals surface area contributed by atoms with Gasteiger partial charge in [0.1, 0.15) is 6.10 Å². The summed E-state index contributed by atoms with van der Waals surface area (Å²) >= 11 is 0. The molecule has 31 heavy (non-hydrogen) atoms. The summed E-state index contributed by atoms with van der Waals surface area (Å²) in [5, 5.41) is 11.2. The molecular weight excluding hydrogens is 404 g/mol. The zero-order valence-electron chi connectivity index (χ0n) is 20.2. The maximum absolute atomic E-state index is 12.8. The van der Waals surface area contributed by atoms with E-state index in [0.29, 0.717) is 6.61 Å². The highest BCUT2D eigenvalue weighted by molar-refractivity contribution is 6.74. The van der Waals surface area contributed by atoms with E-state index in [0.717, 1.165) is 38.5 Å². The number of esters is 1. The minimum atomic E-state index is -1.89. The van der Waals surface area contributed by atoms with Crippen molar-refractivity contribution < 1.29 is 19.1 Å². The summed E-state index contributed by atoms with van der Waals surface area (Å²) in [7, 11) is -1.89. The second-order valence-corrected chi connectivity index (χ2v) is 16.1. The fraction of sp³-hybridized carbons (Fsp3) is 0.731. The molecule has 0 amide bonds. The number of aliphatic hydroxyl groups excluding tert-OH is 1. The lowest BCUT2D eigenvalue weighted by molar-refractivity contribution is -0.159. The summed E-state index contributed by atoms with van der Waals surface area (Å²) in [6.45, 7) is 11.7. The fourth-order valence-electron chi connectivity index (χ4n) is 4.66. The van der Waals surface area contributed by atoms with Gasteiger partial charge in [0.2, 0.25) is 0 Å². The Morgan fingerprint density at radius 2 is 1.77 bits per heavy atom. The Hall–Kier alpha value is -1.17. The van der Waals surface area contributed by atoms with Gasteiger partial charge in [-0.15, -0.1) is 0 Å². The molecule has 174 valence electrons. The van der Waals surface area contributed by atoms with Gasteiger partial charge in [0.25, 0.3) is 0 Å². The lowest BCUT2D eigenvalue weighted by Crippen LogP contribution is -2.51. The van der Waals surface area contributed by atoms with Gasteiger partial charge in [0.15, 0.2) is 8.32 Å². The zero-order valence-corrected chi connectivity index (χ0v) is 21.2. The van der Waals surface area contributed by atoms with Gasteiger partial charge in [0.05, 0.1) is 12.5 Å². The van der Waals surface area contributed by atoms with Crippen LogP contribution in [0.4, 0.5) is 0 Å². The molecule has 0 aromatic heterocycles. The topological polar surface area (TPSA) is 55.8 Å². The molecule has 3 atom stereocenters. The maximum Gasteiger partial charge on any atom is 0.308 e. The first-order valence-electron chi connectivity index (χ1n) is 12.1. The smallest absolute Gasteiger partial charge is 0.308 e. The van der Waals surface area contributed by atoms with Crippen molar-refractivity contribution in [2.75, 3.05) is 6.61 Å². The average molecular weight is 447 g/mol. The number of carbonyl (C=O) groups excluding carboxylic acids is 1. The number of benzene rings is 1. The van der Waals surface area contributed by atoms with Crippen molar-refractivity contribution >= 4 is 14.3 Å². The predicted octanol–water partition coefficient (Wildman–Crippen LogP) is 6.20. The van der Waals surface area contributed by atoms with Crippen molar-refractivity contribution in [1.29, 1.82) is 0 Å². The van der Waals surface area contributed by atoms with E-state index in [1.807, 2.05) is 6.07 Å². The number of rotatable bonds is 8. The van der Waals surface area contributed by atoms with Crippen LogP contribution in [0.3, 0.4) is 0 Å². The molecule has 0 spiro atoms. The largest absolute Gasteiger partial charge is 0.462 e. The minimum absolute atomic E-state index is 0.0683. The maximum atomic E-state index is 12.8. The lowest BCUT2D eigenvalue weighted by atomic mass is 9.65. The summed E-state index contributed by atoms with van der Waals surface area (Å²) < 4.78 is 12.4. The lowest BCUT2D eigenvalue weighted by Gasteiger charge is -2.48. The molecular formula is C26H42O4Si. The number of hydrogen-bond donors (Lipinski definition) is 1. The molecule has 1 N–H and O–H groups in total. The van der Waals surface area contributed by atoms with Gasteiger partial charge in [-0.1, -0.05) is 63.9 Å². The van der Waals surface area contributed by atoms with E-state index in [1.54, 1.807) is 0 Å². The van der Waals surface area contributed by atoms with Gasteiger partial charge in [-0.25, -0.2) is 0 Å². The SMILES string of the molecule is CC(C)(C)[Si](C)(C)OCC1([C@@H](O)CC(=O)O[C@@H]2CCCC[C@@H]2c2ccccc2)CCC1. The third-order valence-electron chi connectivity index (χ3n) is 8.16. The summed E-state index contributed by atoms with van der Waals surface area (Å²) in [6.07, 6.45) is 6.44. The summed E-state index contributed by atoms with van der Waals surface area (Å²) in [4.78, 5) is 12.8. The van der Waals surface area contributed by atoms with Gasteiger partial charge in [0, 0.05) is 17.9 Å². The Morgan fingerprint density at radius 3 is 2.35 bits per heavy atom. The summed E-state index contributed by atoms with van der Waals surface area (Å²) in [5.41, 5.74) is 0.957. The van der Waals surface area contributed by atoms with Crippen molar-refractivity contribution in [2.24, 2.45) is 5.41 Å². The van der Waals surface area contributed by atoms with Gasteiger partial charge in [-0.05, 0) is 55.8 Å². The van der Waals surface area contributed by atoms with Crippen LogP contribution >= 0.6 is 0 Å². The Morgan fingerprint density at radius 1 is 1.13 bits per heavy atom. The molecule has 0 saturated heterocycles. The van der Waals surface area contributed by atoms with Crippen LogP contribution in [0, 0.1) is 5.41 Å². The van der Waals surface area contributed by atoms with Crippen LogP contribution in [-0.4, -0.2) is 38.2 Å². The third-order valence-corrected chi connectivity index (χ3v) is 12.6. The predicted molar refractivity (Wildman–Crippen MR) is 128 cm³/mol. The number of aliphatic hydroxyl groups is 1. The second-order valence-electron chi connectivity index (χ2n) is 11.3. The average Bonchev–Trinajstić information content (AvgIpc) is 2.67. The van der Waals surface area contributed by atoms with E-state index in [1.165, 1.54) is 12.0 Å². The monoisotopic (exact) mass is 446 g/mol. The van der Waals surface area contributed by atoms with E-state index in [4.69, 9.17) is 9.16 Å². The molecule has 5 heteroatoms. The fourth-order valence-corrected chi connectivity index (χ4v) is 5.74. The van der Waals surface area contributed by atoms with E-state index >= 15 is 0 Å². The Balaban J connectivity index is 1.58. The number of hydrogen-bond acceptors (Lipinski definition) is 4. The molecule has 2 aliphatic rings. The molecule has 2 aliphatic carbocycles. The molecule has 0 bridgehead atoms. The van der Waals surface area contributed by atoms with E-state index in [9.17, 15) is 9.90 Å². The van der Waals surface area contributed by atoms with Crippen molar-refractivity contribution in [3.63, 3.8) is 0 Å². The first-order valence-corrected chi connectivity index (χ1v) is 15.0. The van der Waals surface area contributed by atoms with Crippen LogP contribution in [0.1, 0.15) is 83.6 Å². The second kappa shape index (κ2) is 9.76. The standard InChI is InChI=1S/C26H42O4Si/c1-25(2,3)31(4,5)29-19-26(16-11-17-26)23(27)18-24(28)30-22-15-10-9-14-21(22)20-12-7-6-8-13-20/h6-8,12-13,21-23,27H,9-11,14-19H2,1-5H3/t21-,22-,23+/m1/s1. The van der Waals surface area contributed by atoms with Crippen molar-refractivity contribution in [3.8, 4) is 0 Å². The molecule has 0 unspecified atom stereocenters. The molecule has 0 radical (unpaired) electrons. The molecule has 2 fully saturated rings. The molecule has 0 heterocycles. The van der Waals surface area contributed by atoms with Crippen molar-refractivity contribution in [2.45, 2.75) is 108 Å². The first-order chi connectivity index (χ1) is 14.5. The third kappa shape index (κ3) is 5.80. The van der Waals surface area contributed by atoms with Gasteiger partial charge in [-0.3, -0.25) is 4.79 Å². The Bertz CT molecular complexity index is 721. The van der Waals surface area contributed by atoms with E-state index in [-0.39, 0.29) is 34.9 Å². The van der Waals surface area contributed by atoms with Crippen molar-refractivity contribution in [3.05, 3.63) is 35.9 Å². The molecule has 1 aromatic rings. The highest BCUT2D eigenvalue weighted by atomic mass is 28.4. The molecule has 4 nitrogen and oxygen atoms in total. The van der Waals surface area contributed by atoms with Crippen LogP contribution in [0.25, 0.3) is 0 Å². The zero-order chi connectivity index (χ0) is 22.7. The highest BCUT2D eigenvalue weighted by Crippen LogP contribution is 2.47. The van der Waals surface area contributed by atoms with Crippen LogP contribution in [-0.2, 0) is 14.0 Å². The van der Waals surface area contributed by atoms with Gasteiger partial charge >= 0.3 is 5.97 Å². The van der Waals surface area contributed by atoms with E-state index in [2.05, 4.69) is 58.1 Å². The van der Waals surface area contributed by atoms with E-state index < -0.39 is 14.4 Å². The number of carbonyl (C=O) groups is 1. The van der Waals surface area contributed by atoms with Crippen molar-refractivity contribution in [1.82, 2.24) is 0 Å². The minimum Gasteiger partial charge on any atom is -0.462 e. The Kier molecular flexibility index (Phi) is 7.70. The Labute approximate surface area is 189 Å². The van der Waals surface area contributed by atoms with Crippen LogP contribution in [0.2, 0.25) is 18.1 Å². The normalized spacial score (nSPS) is 24.8. The molecule has 2 saturated carbocycles. The van der Waals surface area contributed by atoms with Crippen LogP contribution in [0.5, 0.6) is 0 Å². The van der Waals surface area contributed by atoms with Crippen LogP contribution < -0.4 is 0 Å². The van der Waals surface area contributed by atoms with Gasteiger partial charge < -0.3 is 14.3 Å². The molecule has 3 rings (SSSR count). The first kappa shape index (κ1) is 24.5. The molecule has 1 aromatic carbocycles. The number of ether oxygens (including phenoxy) is 1. The van der Waals surface area contributed by atoms with Crippen LogP contribution in [0.15, 0.2) is 30.3 Å². The van der Waals surface area contributed by atoms with Gasteiger partial charge in [-0.2, -0.15) is 0 Å². The summed E-state index contributed by atoms with van der Waals surface area (Å²) in [5.74, 6) is -0.00504. The highest BCUT2D eigenvalue weighted by Gasteiger charge is 2.47. The summed E-state index contributed by atoms with van der Waals surface area (Å²) in [6, 6.07) is 10.4. The molecule has 0 aliphatic heterocycles.